The maximum atomic E-state index is 12.9. The smallest absolute Gasteiger partial charge is 0.289 e. The second-order valence-corrected chi connectivity index (χ2v) is 10.6. The molecule has 2 heterocycles. The van der Waals surface area contributed by atoms with E-state index < -0.39 is 29.7 Å². The van der Waals surface area contributed by atoms with Crippen LogP contribution in [0.1, 0.15) is 33.1 Å². The molecule has 2 saturated heterocycles. The van der Waals surface area contributed by atoms with Crippen LogP contribution in [-0.2, 0) is 24.0 Å². The minimum absolute atomic E-state index is 0.0645. The first-order chi connectivity index (χ1) is 13.3. The highest BCUT2D eigenvalue weighted by Gasteiger charge is 2.48. The van der Waals surface area contributed by atoms with Crippen molar-refractivity contribution in [3.8, 4) is 0 Å². The van der Waals surface area contributed by atoms with Crippen molar-refractivity contribution in [1.82, 2.24) is 15.5 Å². The monoisotopic (exact) mass is 429 g/mol. The molecule has 0 aromatic rings. The van der Waals surface area contributed by atoms with E-state index >= 15 is 0 Å². The molecule has 10 heteroatoms. The predicted molar refractivity (Wildman–Crippen MR) is 109 cm³/mol. The average molecular weight is 430 g/mol. The van der Waals surface area contributed by atoms with Crippen LogP contribution in [0, 0.1) is 5.92 Å². The molecule has 2 fully saturated rings. The highest BCUT2D eigenvalue weighted by Crippen LogP contribution is 2.49. The molecule has 2 N–H and O–H groups in total. The number of amides is 3. The molecule has 8 nitrogen and oxygen atoms in total. The van der Waals surface area contributed by atoms with Crippen LogP contribution in [0.15, 0.2) is 0 Å². The van der Waals surface area contributed by atoms with Gasteiger partial charge in [0.1, 0.15) is 12.3 Å². The van der Waals surface area contributed by atoms with Crippen LogP contribution in [0.25, 0.3) is 0 Å². The number of hydrogen-bond donors (Lipinski definition) is 2. The average Bonchev–Trinajstić information content (AvgIpc) is 3.03. The third-order valence-electron chi connectivity index (χ3n) is 4.69. The number of carbonyl (C=O) groups is 5. The number of aldehydes is 1. The van der Waals surface area contributed by atoms with E-state index in [1.54, 1.807) is 23.5 Å². The van der Waals surface area contributed by atoms with Gasteiger partial charge in [0.05, 0.1) is 16.7 Å². The van der Waals surface area contributed by atoms with Gasteiger partial charge in [-0.1, -0.05) is 13.8 Å². The van der Waals surface area contributed by atoms with Gasteiger partial charge in [-0.25, -0.2) is 0 Å². The summed E-state index contributed by atoms with van der Waals surface area (Å²) >= 11 is 3.56. The number of nitrogens with zero attached hydrogens (tertiary/aromatic N) is 1. The Morgan fingerprint density at radius 2 is 1.89 bits per heavy atom. The van der Waals surface area contributed by atoms with E-state index in [2.05, 4.69) is 10.6 Å². The topological polar surface area (TPSA) is 113 Å². The fourth-order valence-corrected chi connectivity index (χ4v) is 6.77. The van der Waals surface area contributed by atoms with E-state index in [1.807, 2.05) is 13.8 Å². The van der Waals surface area contributed by atoms with Gasteiger partial charge in [0.25, 0.3) is 5.91 Å². The summed E-state index contributed by atoms with van der Waals surface area (Å²) in [5.74, 6) is -0.0337. The fraction of sp³-hybridized carbons (Fsp3) is 0.722. The summed E-state index contributed by atoms with van der Waals surface area (Å²) in [6.45, 7) is 4.00. The number of ketones is 1. The molecule has 156 valence electrons. The van der Waals surface area contributed by atoms with E-state index in [4.69, 9.17) is 0 Å². The molecule has 0 radical (unpaired) electrons. The van der Waals surface area contributed by atoms with Gasteiger partial charge in [0.2, 0.25) is 18.1 Å². The first-order valence-corrected chi connectivity index (χ1v) is 11.3. The standard InChI is InChI=1S/C18H27N3O5S2/c1-12(2)8-13(15(24)17(26)19-4-5-22)20-16(25)14-9-18(10-21(14)11-23)27-6-3-7-28-18/h5,11-14H,3-4,6-10H2,1-2H3,(H,19,26)(H,20,25). The molecular formula is C18H27N3O5S2. The van der Waals surface area contributed by atoms with Crippen LogP contribution < -0.4 is 10.6 Å². The molecular weight excluding hydrogens is 402 g/mol. The molecule has 2 aliphatic heterocycles. The van der Waals surface area contributed by atoms with Gasteiger partial charge >= 0.3 is 0 Å². The van der Waals surface area contributed by atoms with Crippen LogP contribution in [0.5, 0.6) is 0 Å². The van der Waals surface area contributed by atoms with Gasteiger partial charge in [-0.05, 0) is 30.3 Å². The lowest BCUT2D eigenvalue weighted by atomic mass is 9.99. The molecule has 2 unspecified atom stereocenters. The van der Waals surface area contributed by atoms with Gasteiger partial charge in [-0.15, -0.1) is 23.5 Å². The summed E-state index contributed by atoms with van der Waals surface area (Å²) in [5.41, 5.74) is 0. The van der Waals surface area contributed by atoms with Crippen molar-refractivity contribution in [3.63, 3.8) is 0 Å². The Kier molecular flexibility index (Phi) is 8.36. The molecule has 2 rings (SSSR count). The minimum atomic E-state index is -0.990. The number of thioether (sulfide) groups is 2. The highest BCUT2D eigenvalue weighted by molar-refractivity contribution is 8.18. The normalized spacial score (nSPS) is 22.0. The Hall–Kier alpha value is -1.55. The number of hydrogen-bond acceptors (Lipinski definition) is 7. The van der Waals surface area contributed by atoms with Gasteiger partial charge in [0, 0.05) is 13.0 Å². The first-order valence-electron chi connectivity index (χ1n) is 9.37. The Balaban J connectivity index is 2.08. The zero-order chi connectivity index (χ0) is 20.7. The summed E-state index contributed by atoms with van der Waals surface area (Å²) < 4.78 is -0.181. The van der Waals surface area contributed by atoms with Crippen LogP contribution in [0.2, 0.25) is 0 Å². The first kappa shape index (κ1) is 22.7. The fourth-order valence-electron chi connectivity index (χ4n) is 3.40. The summed E-state index contributed by atoms with van der Waals surface area (Å²) in [6.07, 6.45) is 3.09. The Morgan fingerprint density at radius 1 is 1.21 bits per heavy atom. The number of nitrogens with one attached hydrogen (secondary N) is 2. The van der Waals surface area contributed by atoms with E-state index in [1.165, 1.54) is 4.90 Å². The second-order valence-electron chi connectivity index (χ2n) is 7.39. The summed E-state index contributed by atoms with van der Waals surface area (Å²) in [6, 6.07) is -1.65. The van der Waals surface area contributed by atoms with Crippen molar-refractivity contribution >= 4 is 53.8 Å². The molecule has 0 aromatic heterocycles. The summed E-state index contributed by atoms with van der Waals surface area (Å²) in [4.78, 5) is 60.7. The number of Topliss-reactive ketones (excluding diaryl/α,β-unsaturated/α-hetero) is 1. The van der Waals surface area contributed by atoms with Crippen LogP contribution in [-0.4, -0.2) is 76.0 Å². The van der Waals surface area contributed by atoms with Gasteiger partial charge in [0.15, 0.2) is 0 Å². The van der Waals surface area contributed by atoms with Crippen LogP contribution >= 0.6 is 23.5 Å². The molecule has 2 atom stereocenters. The second kappa shape index (κ2) is 10.3. The minimum Gasteiger partial charge on any atom is -0.344 e. The van der Waals surface area contributed by atoms with E-state index in [0.717, 1.165) is 17.9 Å². The van der Waals surface area contributed by atoms with Crippen molar-refractivity contribution in [2.45, 2.75) is 49.3 Å². The number of rotatable bonds is 9. The van der Waals surface area contributed by atoms with Crippen molar-refractivity contribution in [1.29, 1.82) is 0 Å². The molecule has 0 saturated carbocycles. The summed E-state index contributed by atoms with van der Waals surface area (Å²) in [7, 11) is 0. The molecule has 28 heavy (non-hydrogen) atoms. The van der Waals surface area contributed by atoms with Crippen molar-refractivity contribution in [3.05, 3.63) is 0 Å². The van der Waals surface area contributed by atoms with Gasteiger partial charge < -0.3 is 20.3 Å². The lowest BCUT2D eigenvalue weighted by Gasteiger charge is -2.31. The molecule has 0 aliphatic carbocycles. The predicted octanol–water partition coefficient (Wildman–Crippen LogP) is 0.199. The van der Waals surface area contributed by atoms with E-state index in [-0.39, 0.29) is 16.5 Å². The third kappa shape index (κ3) is 5.73. The zero-order valence-electron chi connectivity index (χ0n) is 16.1. The van der Waals surface area contributed by atoms with Crippen molar-refractivity contribution in [2.75, 3.05) is 24.6 Å². The lowest BCUT2D eigenvalue weighted by Crippen LogP contribution is -2.52. The zero-order valence-corrected chi connectivity index (χ0v) is 17.8. The van der Waals surface area contributed by atoms with E-state index in [9.17, 15) is 24.0 Å². The Labute approximate surface area is 173 Å². The largest absolute Gasteiger partial charge is 0.344 e. The SMILES string of the molecule is CC(C)CC(NC(=O)C1CC2(CN1C=O)SCCCS2)C(=O)C(=O)NCC=O. The quantitative estimate of drug-likeness (QED) is 0.398. The maximum Gasteiger partial charge on any atom is 0.289 e. The Bertz CT molecular complexity index is 622. The van der Waals surface area contributed by atoms with Crippen molar-refractivity contribution in [2.24, 2.45) is 5.92 Å². The van der Waals surface area contributed by atoms with Crippen LogP contribution in [0.3, 0.4) is 0 Å². The van der Waals surface area contributed by atoms with Gasteiger partial charge in [-0.2, -0.15) is 0 Å². The number of carbonyl (C=O) groups excluding carboxylic acids is 5. The van der Waals surface area contributed by atoms with Crippen LogP contribution in [0.4, 0.5) is 0 Å². The molecule has 1 spiro atoms. The van der Waals surface area contributed by atoms with Gasteiger partial charge in [-0.3, -0.25) is 19.2 Å². The Morgan fingerprint density at radius 3 is 2.46 bits per heavy atom. The molecule has 3 amide bonds. The van der Waals surface area contributed by atoms with E-state index in [0.29, 0.717) is 32.1 Å². The van der Waals surface area contributed by atoms with Crippen molar-refractivity contribution < 1.29 is 24.0 Å². The summed E-state index contributed by atoms with van der Waals surface area (Å²) in [5, 5.41) is 4.89. The molecule has 2 aliphatic rings. The third-order valence-corrected chi connectivity index (χ3v) is 8.03. The molecule has 0 aromatic carbocycles. The number of likely N-dealkylation sites (tertiary alicyclic amines) is 1. The highest BCUT2D eigenvalue weighted by atomic mass is 32.2. The molecule has 0 bridgehead atoms. The lowest BCUT2D eigenvalue weighted by molar-refractivity contribution is -0.141. The maximum absolute atomic E-state index is 12.9.